The Balaban J connectivity index is 1.74. The van der Waals surface area contributed by atoms with Gasteiger partial charge < -0.3 is 14.6 Å². The average Bonchev–Trinajstić information content (AvgIpc) is 3.05. The molecule has 0 spiro atoms. The zero-order valence-electron chi connectivity index (χ0n) is 14.0. The van der Waals surface area contributed by atoms with Gasteiger partial charge in [-0.1, -0.05) is 23.7 Å². The molecule has 0 aliphatic heterocycles. The van der Waals surface area contributed by atoms with Gasteiger partial charge in [-0.3, -0.25) is 4.79 Å². The largest absolute Gasteiger partial charge is 0.484 e. The van der Waals surface area contributed by atoms with Crippen molar-refractivity contribution >= 4 is 17.5 Å². The van der Waals surface area contributed by atoms with Gasteiger partial charge in [0, 0.05) is 24.5 Å². The normalized spacial score (nSPS) is 11.8. The van der Waals surface area contributed by atoms with Gasteiger partial charge in [-0.05, 0) is 42.0 Å². The molecule has 0 saturated heterocycles. The molecule has 1 heterocycles. The highest BCUT2D eigenvalue weighted by molar-refractivity contribution is 6.30. The van der Waals surface area contributed by atoms with E-state index in [-0.39, 0.29) is 18.3 Å². The van der Waals surface area contributed by atoms with Gasteiger partial charge >= 0.3 is 0 Å². The average molecular weight is 374 g/mol. The van der Waals surface area contributed by atoms with Crippen LogP contribution in [0.25, 0.3) is 0 Å². The molecule has 7 heteroatoms. The zero-order chi connectivity index (χ0) is 18.5. The number of carbonyl (C=O) groups is 1. The van der Waals surface area contributed by atoms with Crippen LogP contribution in [0, 0.1) is 5.82 Å². The van der Waals surface area contributed by atoms with E-state index in [0.717, 1.165) is 0 Å². The molecule has 26 heavy (non-hydrogen) atoms. The van der Waals surface area contributed by atoms with E-state index in [1.54, 1.807) is 53.4 Å². The molecular weight excluding hydrogens is 357 g/mol. The van der Waals surface area contributed by atoms with Crippen LogP contribution in [-0.4, -0.2) is 22.1 Å². The summed E-state index contributed by atoms with van der Waals surface area (Å²) in [6, 6.07) is 12.2. The minimum absolute atomic E-state index is 0.183. The maximum atomic E-state index is 13.6. The SMILES string of the molecule is Cn1ccnc1C(NC(=O)COc1ccc(Cl)cc1)c1cccc(F)c1. The quantitative estimate of drug-likeness (QED) is 0.719. The van der Waals surface area contributed by atoms with Crippen LogP contribution < -0.4 is 10.1 Å². The number of aryl methyl sites for hydroxylation is 1. The summed E-state index contributed by atoms with van der Waals surface area (Å²) in [5.74, 6) is 0.393. The zero-order valence-corrected chi connectivity index (χ0v) is 14.8. The molecule has 0 aliphatic rings. The molecule has 1 N–H and O–H groups in total. The van der Waals surface area contributed by atoms with Crippen LogP contribution >= 0.6 is 11.6 Å². The Hall–Kier alpha value is -2.86. The maximum absolute atomic E-state index is 13.6. The fourth-order valence-electron chi connectivity index (χ4n) is 2.52. The van der Waals surface area contributed by atoms with E-state index in [1.807, 2.05) is 7.05 Å². The molecule has 0 bridgehead atoms. The number of aromatic nitrogens is 2. The first kappa shape index (κ1) is 17.9. The van der Waals surface area contributed by atoms with Crippen LogP contribution in [-0.2, 0) is 11.8 Å². The van der Waals surface area contributed by atoms with Gasteiger partial charge in [-0.15, -0.1) is 0 Å². The number of nitrogens with zero attached hydrogens (tertiary/aromatic N) is 2. The number of hydrogen-bond acceptors (Lipinski definition) is 3. The Morgan fingerprint density at radius 2 is 2.08 bits per heavy atom. The smallest absolute Gasteiger partial charge is 0.258 e. The number of carbonyl (C=O) groups excluding carboxylic acids is 1. The van der Waals surface area contributed by atoms with E-state index in [9.17, 15) is 9.18 Å². The molecule has 1 amide bonds. The van der Waals surface area contributed by atoms with Crippen LogP contribution in [0.3, 0.4) is 0 Å². The second-order valence-corrected chi connectivity index (χ2v) is 6.13. The lowest BCUT2D eigenvalue weighted by molar-refractivity contribution is -0.123. The van der Waals surface area contributed by atoms with Crippen molar-refractivity contribution < 1.29 is 13.9 Å². The summed E-state index contributed by atoms with van der Waals surface area (Å²) in [5, 5.41) is 3.43. The first-order chi connectivity index (χ1) is 12.5. The molecule has 2 aromatic carbocycles. The second kappa shape index (κ2) is 8.01. The molecule has 5 nitrogen and oxygen atoms in total. The number of hydrogen-bond donors (Lipinski definition) is 1. The predicted molar refractivity (Wildman–Crippen MR) is 96.5 cm³/mol. The molecule has 134 valence electrons. The highest BCUT2D eigenvalue weighted by Gasteiger charge is 2.21. The van der Waals surface area contributed by atoms with Crippen molar-refractivity contribution in [2.45, 2.75) is 6.04 Å². The van der Waals surface area contributed by atoms with Crippen molar-refractivity contribution in [1.82, 2.24) is 14.9 Å². The molecular formula is C19H17ClFN3O2. The van der Waals surface area contributed by atoms with Crippen LogP contribution in [0.5, 0.6) is 5.75 Å². The third-order valence-corrected chi connectivity index (χ3v) is 4.04. The molecule has 0 radical (unpaired) electrons. The summed E-state index contributed by atoms with van der Waals surface area (Å²) in [5.41, 5.74) is 0.596. The standard InChI is InChI=1S/C19H17ClFN3O2/c1-24-10-9-22-19(24)18(13-3-2-4-15(21)11-13)23-17(25)12-26-16-7-5-14(20)6-8-16/h2-11,18H,12H2,1H3,(H,23,25). The predicted octanol–water partition coefficient (Wildman–Crippen LogP) is 3.50. The molecule has 0 aliphatic carbocycles. The fraction of sp³-hybridized carbons (Fsp3) is 0.158. The Morgan fingerprint density at radius 3 is 2.73 bits per heavy atom. The van der Waals surface area contributed by atoms with Crippen LogP contribution in [0.4, 0.5) is 4.39 Å². The monoisotopic (exact) mass is 373 g/mol. The van der Waals surface area contributed by atoms with E-state index in [0.29, 0.717) is 22.2 Å². The summed E-state index contributed by atoms with van der Waals surface area (Å²) in [4.78, 5) is 16.6. The summed E-state index contributed by atoms with van der Waals surface area (Å²) in [7, 11) is 1.81. The lowest BCUT2D eigenvalue weighted by atomic mass is 10.1. The molecule has 3 aromatic rings. The molecule has 0 saturated carbocycles. The van der Waals surface area contributed by atoms with Gasteiger partial charge in [-0.25, -0.2) is 9.37 Å². The van der Waals surface area contributed by atoms with Gasteiger partial charge in [0.2, 0.25) is 0 Å². The fourth-order valence-corrected chi connectivity index (χ4v) is 2.65. The van der Waals surface area contributed by atoms with E-state index in [4.69, 9.17) is 16.3 Å². The number of nitrogens with one attached hydrogen (secondary N) is 1. The molecule has 1 atom stereocenters. The lowest BCUT2D eigenvalue weighted by Gasteiger charge is -2.19. The van der Waals surface area contributed by atoms with Crippen molar-refractivity contribution in [3.8, 4) is 5.75 Å². The molecule has 1 aromatic heterocycles. The first-order valence-electron chi connectivity index (χ1n) is 7.93. The molecule has 0 fully saturated rings. The van der Waals surface area contributed by atoms with E-state index < -0.39 is 6.04 Å². The van der Waals surface area contributed by atoms with E-state index >= 15 is 0 Å². The van der Waals surface area contributed by atoms with Gasteiger partial charge in [0.15, 0.2) is 6.61 Å². The van der Waals surface area contributed by atoms with Gasteiger partial charge in [0.05, 0.1) is 0 Å². The first-order valence-corrected chi connectivity index (χ1v) is 8.31. The number of rotatable bonds is 6. The van der Waals surface area contributed by atoms with E-state index in [1.165, 1.54) is 12.1 Å². The third kappa shape index (κ3) is 4.40. The number of imidazole rings is 1. The minimum atomic E-state index is -0.591. The van der Waals surface area contributed by atoms with Gasteiger partial charge in [0.25, 0.3) is 5.91 Å². The Bertz CT molecular complexity index is 896. The van der Waals surface area contributed by atoms with Crippen molar-refractivity contribution in [1.29, 1.82) is 0 Å². The summed E-state index contributed by atoms with van der Waals surface area (Å²) >= 11 is 5.82. The van der Waals surface area contributed by atoms with Gasteiger partial charge in [-0.2, -0.15) is 0 Å². The maximum Gasteiger partial charge on any atom is 0.258 e. The van der Waals surface area contributed by atoms with Crippen LogP contribution in [0.2, 0.25) is 5.02 Å². The minimum Gasteiger partial charge on any atom is -0.484 e. The van der Waals surface area contributed by atoms with Crippen LogP contribution in [0.15, 0.2) is 60.9 Å². The Kier molecular flexibility index (Phi) is 5.53. The van der Waals surface area contributed by atoms with Crippen molar-refractivity contribution in [3.63, 3.8) is 0 Å². The topological polar surface area (TPSA) is 56.2 Å². The number of halogens is 2. The van der Waals surface area contributed by atoms with Crippen molar-refractivity contribution in [2.24, 2.45) is 7.05 Å². The molecule has 1 unspecified atom stereocenters. The highest BCUT2D eigenvalue weighted by atomic mass is 35.5. The number of amides is 1. The van der Waals surface area contributed by atoms with Crippen molar-refractivity contribution in [2.75, 3.05) is 6.61 Å². The summed E-state index contributed by atoms with van der Waals surface area (Å²) in [6.45, 7) is -0.183. The second-order valence-electron chi connectivity index (χ2n) is 5.69. The summed E-state index contributed by atoms with van der Waals surface area (Å²) in [6.07, 6.45) is 3.38. The summed E-state index contributed by atoms with van der Waals surface area (Å²) < 4.78 is 20.9. The Morgan fingerprint density at radius 1 is 1.31 bits per heavy atom. The third-order valence-electron chi connectivity index (χ3n) is 3.79. The lowest BCUT2D eigenvalue weighted by Crippen LogP contribution is -2.34. The molecule has 3 rings (SSSR count). The Labute approximate surface area is 155 Å². The van der Waals surface area contributed by atoms with E-state index in [2.05, 4.69) is 10.3 Å². The van der Waals surface area contributed by atoms with Gasteiger partial charge in [0.1, 0.15) is 23.4 Å². The highest BCUT2D eigenvalue weighted by Crippen LogP contribution is 2.21. The number of ether oxygens (including phenoxy) is 1. The number of benzene rings is 2. The van der Waals surface area contributed by atoms with Crippen LogP contribution in [0.1, 0.15) is 17.4 Å². The van der Waals surface area contributed by atoms with Crippen molar-refractivity contribution in [3.05, 3.63) is 83.2 Å².